The van der Waals surface area contributed by atoms with Crippen LogP contribution in [0.15, 0.2) is 30.2 Å². The molecule has 0 saturated carbocycles. The first-order valence-electron chi connectivity index (χ1n) is 7.04. The van der Waals surface area contributed by atoms with Gasteiger partial charge in [0.15, 0.2) is 6.29 Å². The number of ether oxygens (including phenoxy) is 4. The second-order valence-electron chi connectivity index (χ2n) is 5.65. The maximum absolute atomic E-state index is 12.4. The van der Waals surface area contributed by atoms with Crippen LogP contribution in [0.25, 0.3) is 0 Å². The van der Waals surface area contributed by atoms with E-state index in [-0.39, 0.29) is 22.6 Å². The van der Waals surface area contributed by atoms with Crippen LogP contribution in [-0.4, -0.2) is 38.0 Å². The van der Waals surface area contributed by atoms with E-state index in [2.05, 4.69) is 4.74 Å². The van der Waals surface area contributed by atoms with Gasteiger partial charge in [-0.05, 0) is 26.8 Å². The van der Waals surface area contributed by atoms with E-state index in [1.807, 2.05) is 0 Å². The van der Waals surface area contributed by atoms with Crippen molar-refractivity contribution in [2.24, 2.45) is 0 Å². The first-order chi connectivity index (χ1) is 11.2. The fourth-order valence-electron chi connectivity index (χ4n) is 1.72. The maximum atomic E-state index is 12.4. The van der Waals surface area contributed by atoms with Crippen molar-refractivity contribution >= 4 is 18.2 Å². The van der Waals surface area contributed by atoms with E-state index in [0.717, 1.165) is 6.26 Å². The molecule has 1 aromatic carbocycles. The Balaban J connectivity index is 3.33. The standard InChI is InChI=1S/C17H20O7/c1-17(2,3)24-16(20)14-11(9-18)7-6-8-12(14)23-13(10-21-4)15(19)22-5/h6-10H,1-5H3. The van der Waals surface area contributed by atoms with Gasteiger partial charge in [0.05, 0.1) is 14.2 Å². The van der Waals surface area contributed by atoms with Gasteiger partial charge in [-0.25, -0.2) is 9.59 Å². The predicted molar refractivity (Wildman–Crippen MR) is 84.7 cm³/mol. The van der Waals surface area contributed by atoms with Crippen LogP contribution in [0, 0.1) is 0 Å². The predicted octanol–water partition coefficient (Wildman–Crippen LogP) is 2.49. The largest absolute Gasteiger partial charge is 0.500 e. The van der Waals surface area contributed by atoms with Gasteiger partial charge in [-0.15, -0.1) is 0 Å². The van der Waals surface area contributed by atoms with E-state index in [9.17, 15) is 14.4 Å². The Bertz CT molecular complexity index is 653. The van der Waals surface area contributed by atoms with Crippen molar-refractivity contribution in [3.05, 3.63) is 41.3 Å². The van der Waals surface area contributed by atoms with E-state index >= 15 is 0 Å². The third-order valence-electron chi connectivity index (χ3n) is 2.62. The number of carbonyl (C=O) groups is 3. The third kappa shape index (κ3) is 5.12. The summed E-state index contributed by atoms with van der Waals surface area (Å²) in [5.74, 6) is -1.86. The molecule has 0 aromatic heterocycles. The highest BCUT2D eigenvalue weighted by Crippen LogP contribution is 2.26. The summed E-state index contributed by atoms with van der Waals surface area (Å²) in [5, 5.41) is 0. The molecule has 0 aliphatic carbocycles. The lowest BCUT2D eigenvalue weighted by atomic mass is 10.1. The Kier molecular flexibility index (Phi) is 6.52. The zero-order chi connectivity index (χ0) is 18.3. The first kappa shape index (κ1) is 19.2. The molecule has 0 unspecified atom stereocenters. The van der Waals surface area contributed by atoms with Gasteiger partial charge in [0.1, 0.15) is 23.2 Å². The number of benzene rings is 1. The Morgan fingerprint density at radius 2 is 1.79 bits per heavy atom. The molecular weight excluding hydrogens is 316 g/mol. The summed E-state index contributed by atoms with van der Waals surface area (Å²) in [4.78, 5) is 35.4. The van der Waals surface area contributed by atoms with Gasteiger partial charge in [-0.3, -0.25) is 4.79 Å². The van der Waals surface area contributed by atoms with Crippen LogP contribution in [0.5, 0.6) is 5.75 Å². The smallest absolute Gasteiger partial charge is 0.377 e. The highest BCUT2D eigenvalue weighted by molar-refractivity contribution is 6.01. The minimum Gasteiger partial charge on any atom is -0.500 e. The molecule has 130 valence electrons. The Morgan fingerprint density at radius 3 is 2.29 bits per heavy atom. The Labute approximate surface area is 140 Å². The first-order valence-corrected chi connectivity index (χ1v) is 7.04. The molecule has 0 amide bonds. The molecule has 0 radical (unpaired) electrons. The number of methoxy groups -OCH3 is 2. The summed E-state index contributed by atoms with van der Waals surface area (Å²) >= 11 is 0. The third-order valence-corrected chi connectivity index (χ3v) is 2.62. The average molecular weight is 336 g/mol. The van der Waals surface area contributed by atoms with E-state index in [0.29, 0.717) is 6.29 Å². The number of esters is 2. The van der Waals surface area contributed by atoms with Crippen LogP contribution >= 0.6 is 0 Å². The van der Waals surface area contributed by atoms with Gasteiger partial charge >= 0.3 is 11.9 Å². The van der Waals surface area contributed by atoms with Crippen molar-refractivity contribution in [3.63, 3.8) is 0 Å². The van der Waals surface area contributed by atoms with Crippen molar-refractivity contribution in [2.75, 3.05) is 14.2 Å². The molecule has 0 aliphatic heterocycles. The van der Waals surface area contributed by atoms with Crippen LogP contribution in [0.2, 0.25) is 0 Å². The van der Waals surface area contributed by atoms with Crippen molar-refractivity contribution in [3.8, 4) is 5.75 Å². The lowest BCUT2D eigenvalue weighted by Gasteiger charge is -2.21. The van der Waals surface area contributed by atoms with E-state index in [1.165, 1.54) is 32.4 Å². The molecule has 0 N–H and O–H groups in total. The van der Waals surface area contributed by atoms with Crippen molar-refractivity contribution < 1.29 is 33.3 Å². The molecule has 1 rings (SSSR count). The molecule has 7 nitrogen and oxygen atoms in total. The Morgan fingerprint density at radius 1 is 1.12 bits per heavy atom. The van der Waals surface area contributed by atoms with Gasteiger partial charge in [0.25, 0.3) is 0 Å². The Hall–Kier alpha value is -2.83. The van der Waals surface area contributed by atoms with E-state index in [1.54, 1.807) is 20.8 Å². The van der Waals surface area contributed by atoms with E-state index in [4.69, 9.17) is 14.2 Å². The molecule has 24 heavy (non-hydrogen) atoms. The molecule has 0 atom stereocenters. The van der Waals surface area contributed by atoms with Gasteiger partial charge in [-0.2, -0.15) is 0 Å². The molecule has 0 aliphatic rings. The average Bonchev–Trinajstić information content (AvgIpc) is 2.51. The molecule has 0 spiro atoms. The number of aldehydes is 1. The minimum atomic E-state index is -0.802. The van der Waals surface area contributed by atoms with Crippen LogP contribution in [-0.2, 0) is 19.0 Å². The molecule has 0 bridgehead atoms. The van der Waals surface area contributed by atoms with Gasteiger partial charge in [-0.1, -0.05) is 12.1 Å². The summed E-state index contributed by atoms with van der Waals surface area (Å²) in [6, 6.07) is 4.38. The summed E-state index contributed by atoms with van der Waals surface area (Å²) in [7, 11) is 2.49. The van der Waals surface area contributed by atoms with Crippen LogP contribution in [0.1, 0.15) is 41.5 Å². The highest BCUT2D eigenvalue weighted by atomic mass is 16.6. The molecule has 1 aromatic rings. The SMILES string of the molecule is COC=C(Oc1cccc(C=O)c1C(=O)OC(C)(C)C)C(=O)OC. The van der Waals surface area contributed by atoms with Crippen molar-refractivity contribution in [1.82, 2.24) is 0 Å². The normalized spacial score (nSPS) is 11.5. The summed E-state index contributed by atoms with van der Waals surface area (Å²) < 4.78 is 20.0. The topological polar surface area (TPSA) is 88.1 Å². The molecule has 0 heterocycles. The summed E-state index contributed by atoms with van der Waals surface area (Å²) in [6.07, 6.45) is 1.53. The minimum absolute atomic E-state index is 0.0254. The molecule has 0 saturated heterocycles. The lowest BCUT2D eigenvalue weighted by molar-refractivity contribution is -0.138. The molecule has 0 fully saturated rings. The quantitative estimate of drug-likeness (QED) is 0.341. The lowest BCUT2D eigenvalue weighted by Crippen LogP contribution is -2.25. The van der Waals surface area contributed by atoms with Crippen molar-refractivity contribution in [1.29, 1.82) is 0 Å². The fourth-order valence-corrected chi connectivity index (χ4v) is 1.72. The van der Waals surface area contributed by atoms with Gasteiger partial charge in [0, 0.05) is 5.56 Å². The van der Waals surface area contributed by atoms with Crippen LogP contribution in [0.4, 0.5) is 0 Å². The maximum Gasteiger partial charge on any atom is 0.377 e. The van der Waals surface area contributed by atoms with Crippen LogP contribution < -0.4 is 4.74 Å². The zero-order valence-electron chi connectivity index (χ0n) is 14.2. The summed E-state index contributed by atoms with van der Waals surface area (Å²) in [6.45, 7) is 5.08. The highest BCUT2D eigenvalue weighted by Gasteiger charge is 2.26. The number of hydrogen-bond acceptors (Lipinski definition) is 7. The van der Waals surface area contributed by atoms with Crippen LogP contribution in [0.3, 0.4) is 0 Å². The fraction of sp³-hybridized carbons (Fsp3) is 0.353. The second-order valence-corrected chi connectivity index (χ2v) is 5.65. The van der Waals surface area contributed by atoms with E-state index < -0.39 is 17.5 Å². The summed E-state index contributed by atoms with van der Waals surface area (Å²) in [5.41, 5.74) is -0.783. The number of carbonyl (C=O) groups excluding carboxylic acids is 3. The van der Waals surface area contributed by atoms with Gasteiger partial charge in [0.2, 0.25) is 5.76 Å². The van der Waals surface area contributed by atoms with Crippen molar-refractivity contribution in [2.45, 2.75) is 26.4 Å². The monoisotopic (exact) mass is 336 g/mol. The van der Waals surface area contributed by atoms with Gasteiger partial charge < -0.3 is 18.9 Å². The number of rotatable bonds is 6. The zero-order valence-corrected chi connectivity index (χ0v) is 14.2. The number of hydrogen-bond donors (Lipinski definition) is 0. The molecular formula is C17H20O7. The molecule has 7 heteroatoms. The second kappa shape index (κ2) is 8.14.